The molecule has 0 spiro atoms. The molecule has 1 aromatic carbocycles. The van der Waals surface area contributed by atoms with Crippen molar-refractivity contribution in [3.8, 4) is 11.6 Å². The monoisotopic (exact) mass is 329 g/mol. The van der Waals surface area contributed by atoms with Crippen LogP contribution < -0.4 is 10.3 Å². The molecule has 1 heterocycles. The summed E-state index contributed by atoms with van der Waals surface area (Å²) in [5.74, 6) is -1.25. The Hall–Kier alpha value is -2.29. The van der Waals surface area contributed by atoms with E-state index in [1.165, 1.54) is 0 Å². The Morgan fingerprint density at radius 1 is 1.47 bits per heavy atom. The summed E-state index contributed by atoms with van der Waals surface area (Å²) in [7, 11) is 0. The summed E-state index contributed by atoms with van der Waals surface area (Å²) in [4.78, 5) is 27.3. The van der Waals surface area contributed by atoms with Crippen molar-refractivity contribution >= 4 is 21.6 Å². The molecular formula is C10H5BrFN3O4. The zero-order chi connectivity index (χ0) is 14.0. The number of aromatic amines is 1. The largest absolute Gasteiger partial charge is 0.430 e. The standard InChI is InChI=1S/C10H5BrFN3O4/c11-8-9(16)13-4-14-10(8)19-7-3-5(12)1-2-6(7)15(17)18/h1-4H,(H,13,14,16). The Bertz CT molecular complexity index is 703. The van der Waals surface area contributed by atoms with Crippen LogP contribution in [0.15, 0.2) is 33.8 Å². The van der Waals surface area contributed by atoms with Crippen LogP contribution in [-0.4, -0.2) is 14.9 Å². The second-order valence-electron chi connectivity index (χ2n) is 3.32. The predicted molar refractivity (Wildman–Crippen MR) is 65.7 cm³/mol. The molecule has 0 saturated heterocycles. The average molecular weight is 330 g/mol. The zero-order valence-electron chi connectivity index (χ0n) is 9.09. The number of hydrogen-bond donors (Lipinski definition) is 1. The van der Waals surface area contributed by atoms with Crippen molar-refractivity contribution < 1.29 is 14.1 Å². The third-order valence-corrected chi connectivity index (χ3v) is 2.79. The fourth-order valence-corrected chi connectivity index (χ4v) is 1.56. The van der Waals surface area contributed by atoms with Gasteiger partial charge in [-0.15, -0.1) is 0 Å². The van der Waals surface area contributed by atoms with E-state index in [0.29, 0.717) is 0 Å². The van der Waals surface area contributed by atoms with Gasteiger partial charge in [0.1, 0.15) is 10.3 Å². The normalized spacial score (nSPS) is 10.2. The van der Waals surface area contributed by atoms with E-state index in [2.05, 4.69) is 25.9 Å². The Morgan fingerprint density at radius 2 is 2.21 bits per heavy atom. The minimum absolute atomic E-state index is 0.0476. The number of hydrogen-bond acceptors (Lipinski definition) is 5. The number of nitrogens with one attached hydrogen (secondary N) is 1. The van der Waals surface area contributed by atoms with Gasteiger partial charge in [-0.2, -0.15) is 0 Å². The molecule has 0 amide bonds. The van der Waals surface area contributed by atoms with Gasteiger partial charge in [0.15, 0.2) is 0 Å². The van der Waals surface area contributed by atoms with Crippen LogP contribution in [0.3, 0.4) is 0 Å². The minimum atomic E-state index is -0.726. The Morgan fingerprint density at radius 3 is 2.89 bits per heavy atom. The fourth-order valence-electron chi connectivity index (χ4n) is 1.26. The van der Waals surface area contributed by atoms with Gasteiger partial charge in [0.25, 0.3) is 5.56 Å². The summed E-state index contributed by atoms with van der Waals surface area (Å²) >= 11 is 2.92. The van der Waals surface area contributed by atoms with Crippen LogP contribution in [0.1, 0.15) is 0 Å². The van der Waals surface area contributed by atoms with E-state index < -0.39 is 22.0 Å². The highest BCUT2D eigenvalue weighted by molar-refractivity contribution is 9.10. The highest BCUT2D eigenvalue weighted by atomic mass is 79.9. The minimum Gasteiger partial charge on any atom is -0.430 e. The van der Waals surface area contributed by atoms with Crippen molar-refractivity contribution in [1.29, 1.82) is 0 Å². The molecule has 0 aliphatic heterocycles. The van der Waals surface area contributed by atoms with E-state index in [1.807, 2.05) is 0 Å². The number of aromatic nitrogens is 2. The molecular weight excluding hydrogens is 325 g/mol. The van der Waals surface area contributed by atoms with Crippen LogP contribution in [0.4, 0.5) is 10.1 Å². The third-order valence-electron chi connectivity index (χ3n) is 2.09. The first-order chi connectivity index (χ1) is 8.99. The van der Waals surface area contributed by atoms with E-state index in [1.54, 1.807) is 0 Å². The Kier molecular flexibility index (Phi) is 3.56. The van der Waals surface area contributed by atoms with Crippen molar-refractivity contribution in [3.63, 3.8) is 0 Å². The molecule has 0 bridgehead atoms. The van der Waals surface area contributed by atoms with E-state index in [4.69, 9.17) is 4.74 Å². The summed E-state index contributed by atoms with van der Waals surface area (Å²) in [6.07, 6.45) is 1.06. The number of benzene rings is 1. The van der Waals surface area contributed by atoms with Crippen LogP contribution in [-0.2, 0) is 0 Å². The second kappa shape index (κ2) is 5.14. The molecule has 98 valence electrons. The maximum Gasteiger partial charge on any atom is 0.311 e. The summed E-state index contributed by atoms with van der Waals surface area (Å²) in [6, 6.07) is 2.74. The van der Waals surface area contributed by atoms with Gasteiger partial charge >= 0.3 is 5.69 Å². The first kappa shape index (κ1) is 13.1. The summed E-state index contributed by atoms with van der Waals surface area (Å²) in [5.41, 5.74) is -0.959. The lowest BCUT2D eigenvalue weighted by Crippen LogP contribution is -2.08. The van der Waals surface area contributed by atoms with Gasteiger partial charge in [0.2, 0.25) is 11.6 Å². The maximum absolute atomic E-state index is 13.1. The molecule has 0 saturated carbocycles. The van der Waals surface area contributed by atoms with E-state index in [-0.39, 0.29) is 16.1 Å². The van der Waals surface area contributed by atoms with Gasteiger partial charge in [0, 0.05) is 12.1 Å². The number of nitro benzene ring substituents is 1. The van der Waals surface area contributed by atoms with Crippen LogP contribution >= 0.6 is 15.9 Å². The van der Waals surface area contributed by atoms with Gasteiger partial charge in [-0.1, -0.05) is 0 Å². The number of nitro groups is 1. The van der Waals surface area contributed by atoms with Crippen LogP contribution in [0.2, 0.25) is 0 Å². The Labute approximate surface area is 113 Å². The van der Waals surface area contributed by atoms with E-state index in [0.717, 1.165) is 24.5 Å². The van der Waals surface area contributed by atoms with Crippen LogP contribution in [0.25, 0.3) is 0 Å². The van der Waals surface area contributed by atoms with E-state index in [9.17, 15) is 19.3 Å². The van der Waals surface area contributed by atoms with Gasteiger partial charge in [-0.05, 0) is 22.0 Å². The number of halogens is 2. The third kappa shape index (κ3) is 2.76. The summed E-state index contributed by atoms with van der Waals surface area (Å²) < 4.78 is 18.1. The molecule has 1 aromatic heterocycles. The van der Waals surface area contributed by atoms with Crippen molar-refractivity contribution in [3.05, 3.63) is 55.3 Å². The molecule has 7 nitrogen and oxygen atoms in total. The quantitative estimate of drug-likeness (QED) is 0.688. The SMILES string of the molecule is O=c1[nH]cnc(Oc2cc(F)ccc2[N+](=O)[O-])c1Br. The topological polar surface area (TPSA) is 98.1 Å². The number of nitrogens with zero attached hydrogens (tertiary/aromatic N) is 2. The Balaban J connectivity index is 2.48. The fraction of sp³-hybridized carbons (Fsp3) is 0. The molecule has 2 aromatic rings. The smallest absolute Gasteiger partial charge is 0.311 e. The van der Waals surface area contributed by atoms with Gasteiger partial charge in [-0.25, -0.2) is 9.37 Å². The molecule has 0 atom stereocenters. The van der Waals surface area contributed by atoms with Crippen molar-refractivity contribution in [1.82, 2.24) is 9.97 Å². The molecule has 9 heteroatoms. The number of rotatable bonds is 3. The number of H-pyrrole nitrogens is 1. The first-order valence-corrected chi connectivity index (χ1v) is 5.63. The molecule has 0 unspecified atom stereocenters. The first-order valence-electron chi connectivity index (χ1n) is 4.84. The van der Waals surface area contributed by atoms with E-state index >= 15 is 0 Å². The molecule has 2 rings (SSSR count). The molecule has 0 fully saturated rings. The average Bonchev–Trinajstić information content (AvgIpc) is 2.35. The zero-order valence-corrected chi connectivity index (χ0v) is 10.7. The number of ether oxygens (including phenoxy) is 1. The van der Waals surface area contributed by atoms with Crippen molar-refractivity contribution in [2.75, 3.05) is 0 Å². The lowest BCUT2D eigenvalue weighted by Gasteiger charge is -2.06. The van der Waals surface area contributed by atoms with Crippen molar-refractivity contribution in [2.24, 2.45) is 0 Å². The van der Waals surface area contributed by atoms with Crippen molar-refractivity contribution in [2.45, 2.75) is 0 Å². The molecule has 19 heavy (non-hydrogen) atoms. The molecule has 1 N–H and O–H groups in total. The lowest BCUT2D eigenvalue weighted by atomic mass is 10.3. The highest BCUT2D eigenvalue weighted by Crippen LogP contribution is 2.32. The van der Waals surface area contributed by atoms with Gasteiger partial charge in [-0.3, -0.25) is 14.9 Å². The molecule has 0 aliphatic rings. The molecule has 0 radical (unpaired) electrons. The van der Waals surface area contributed by atoms with Gasteiger partial charge in [0.05, 0.1) is 11.3 Å². The van der Waals surface area contributed by atoms with Gasteiger partial charge < -0.3 is 9.72 Å². The molecule has 0 aliphatic carbocycles. The van der Waals surface area contributed by atoms with Crippen LogP contribution in [0, 0.1) is 15.9 Å². The van der Waals surface area contributed by atoms with Crippen LogP contribution in [0.5, 0.6) is 11.6 Å². The summed E-state index contributed by atoms with van der Waals surface area (Å²) in [5, 5.41) is 10.8. The predicted octanol–water partition coefficient (Wildman–Crippen LogP) is 2.37. The maximum atomic E-state index is 13.1. The lowest BCUT2D eigenvalue weighted by molar-refractivity contribution is -0.385. The highest BCUT2D eigenvalue weighted by Gasteiger charge is 2.18. The summed E-state index contributed by atoms with van der Waals surface area (Å²) in [6.45, 7) is 0. The second-order valence-corrected chi connectivity index (χ2v) is 4.12.